The van der Waals surface area contributed by atoms with Gasteiger partial charge in [0.1, 0.15) is 35.4 Å². The third-order valence-electron chi connectivity index (χ3n) is 4.83. The van der Waals surface area contributed by atoms with E-state index < -0.39 is 52.8 Å². The average molecular weight is 604 g/mol. The smallest absolute Gasteiger partial charge is 0.489 e. The van der Waals surface area contributed by atoms with Crippen molar-refractivity contribution in [3.05, 3.63) is 107 Å². The molecule has 0 bridgehead atoms. The Labute approximate surface area is 232 Å². The molecule has 1 heterocycles. The molecule has 0 aliphatic rings. The average Bonchev–Trinajstić information content (AvgIpc) is 2.90. The van der Waals surface area contributed by atoms with E-state index in [-0.39, 0.29) is 24.5 Å². The number of nitrogens with one attached hydrogen (secondary N) is 1. The number of carbonyl (C=O) groups excluding carboxylic acids is 1. The number of nitrogens with zero attached hydrogens (tertiary/aromatic N) is 2. The number of alkyl halides is 6. The number of halogens is 8. The van der Waals surface area contributed by atoms with Crippen molar-refractivity contribution < 1.29 is 54.6 Å². The molecule has 0 fully saturated rings. The molecule has 16 heteroatoms. The van der Waals surface area contributed by atoms with Gasteiger partial charge in [0.15, 0.2) is 0 Å². The van der Waals surface area contributed by atoms with Crippen molar-refractivity contribution >= 4 is 17.7 Å². The molecule has 0 aliphatic carbocycles. The molecule has 2 aromatic carbocycles. The summed E-state index contributed by atoms with van der Waals surface area (Å²) in [5, 5.41) is 9.73. The molecule has 42 heavy (non-hydrogen) atoms. The zero-order chi connectivity index (χ0) is 31.5. The van der Waals surface area contributed by atoms with Crippen molar-refractivity contribution in [3.63, 3.8) is 0 Å². The Hall–Kier alpha value is -5.02. The standard InChI is InChI=1S/C24H19F5N4O2.C2HF3O2/c25-19-4-1-5-20(26)22(19)23(34)33-21(30)8-10-32-13-16-6-7-17(11-18(16)24(27,28)29)35-14-15-3-2-9-31-12-15;3-2(4,5)1(6)7/h1-12,32H,13-14H2,(H2,30,33,34);(H,6,7)/b10-8-;. The van der Waals surface area contributed by atoms with E-state index in [9.17, 15) is 39.9 Å². The van der Waals surface area contributed by atoms with Crippen LogP contribution in [-0.4, -0.2) is 34.0 Å². The highest BCUT2D eigenvalue weighted by atomic mass is 19.4. The van der Waals surface area contributed by atoms with Crippen molar-refractivity contribution in [2.75, 3.05) is 0 Å². The summed E-state index contributed by atoms with van der Waals surface area (Å²) in [4.78, 5) is 28.1. The van der Waals surface area contributed by atoms with Gasteiger partial charge in [0.2, 0.25) is 0 Å². The minimum absolute atomic E-state index is 0.0377. The zero-order valence-corrected chi connectivity index (χ0v) is 21.0. The quantitative estimate of drug-likeness (QED) is 0.179. The number of rotatable bonds is 8. The summed E-state index contributed by atoms with van der Waals surface area (Å²) >= 11 is 0. The Morgan fingerprint density at radius 3 is 2.21 bits per heavy atom. The Bertz CT molecular complexity index is 1420. The number of carboxylic acid groups (broad SMARTS) is 1. The minimum Gasteiger partial charge on any atom is -0.489 e. The van der Waals surface area contributed by atoms with Crippen LogP contribution in [0.5, 0.6) is 5.75 Å². The van der Waals surface area contributed by atoms with Gasteiger partial charge < -0.3 is 20.9 Å². The number of carboxylic acids is 1. The predicted molar refractivity (Wildman–Crippen MR) is 132 cm³/mol. The topological polar surface area (TPSA) is 127 Å². The summed E-state index contributed by atoms with van der Waals surface area (Å²) in [6.07, 6.45) is -4.36. The fraction of sp³-hybridized carbons (Fsp3) is 0.154. The largest absolute Gasteiger partial charge is 0.490 e. The van der Waals surface area contributed by atoms with Gasteiger partial charge in [0.25, 0.3) is 5.91 Å². The van der Waals surface area contributed by atoms with Gasteiger partial charge in [-0.05, 0) is 42.0 Å². The molecule has 0 radical (unpaired) electrons. The summed E-state index contributed by atoms with van der Waals surface area (Å²) in [5.74, 6) is -6.55. The predicted octanol–water partition coefficient (Wildman–Crippen LogP) is 5.39. The molecule has 4 N–H and O–H groups in total. The van der Waals surface area contributed by atoms with Crippen molar-refractivity contribution in [1.82, 2.24) is 10.3 Å². The van der Waals surface area contributed by atoms with Gasteiger partial charge in [0.05, 0.1) is 5.56 Å². The van der Waals surface area contributed by atoms with Crippen LogP contribution in [0.4, 0.5) is 35.1 Å². The fourth-order valence-electron chi connectivity index (χ4n) is 2.94. The van der Waals surface area contributed by atoms with Crippen LogP contribution in [0.1, 0.15) is 27.0 Å². The molecule has 0 unspecified atom stereocenters. The normalized spacial score (nSPS) is 12.0. The van der Waals surface area contributed by atoms with E-state index >= 15 is 0 Å². The maximum Gasteiger partial charge on any atom is 0.490 e. The molecular weight excluding hydrogens is 584 g/mol. The van der Waals surface area contributed by atoms with Gasteiger partial charge in [-0.15, -0.1) is 0 Å². The van der Waals surface area contributed by atoms with Crippen molar-refractivity contribution in [2.45, 2.75) is 25.5 Å². The number of pyridine rings is 1. The summed E-state index contributed by atoms with van der Waals surface area (Å²) in [6, 6.07) is 9.88. The van der Waals surface area contributed by atoms with E-state index in [4.69, 9.17) is 20.4 Å². The molecule has 1 aromatic heterocycles. The summed E-state index contributed by atoms with van der Waals surface area (Å²) < 4.78 is 105. The van der Waals surface area contributed by atoms with Crippen LogP contribution < -0.4 is 15.8 Å². The van der Waals surface area contributed by atoms with Crippen molar-refractivity contribution in [2.24, 2.45) is 10.7 Å². The second-order valence-electron chi connectivity index (χ2n) is 7.92. The van der Waals surface area contributed by atoms with Crippen LogP contribution in [0, 0.1) is 11.6 Å². The zero-order valence-electron chi connectivity index (χ0n) is 21.0. The first kappa shape index (κ1) is 33.2. The van der Waals surface area contributed by atoms with E-state index in [0.717, 1.165) is 36.5 Å². The van der Waals surface area contributed by atoms with Gasteiger partial charge >= 0.3 is 18.3 Å². The Morgan fingerprint density at radius 2 is 1.67 bits per heavy atom. The number of aliphatic imine (C=N–C) groups is 1. The number of amides is 1. The van der Waals surface area contributed by atoms with Crippen LogP contribution in [0.2, 0.25) is 0 Å². The number of hydrogen-bond acceptors (Lipinski definition) is 5. The molecule has 8 nitrogen and oxygen atoms in total. The first-order valence-electron chi connectivity index (χ1n) is 11.3. The molecule has 3 aromatic rings. The molecular formula is C26H20F8N4O4. The SMILES string of the molecule is NC(/C=C\NCc1ccc(OCc2cccnc2)cc1C(F)(F)F)=NC(=O)c1c(F)cccc1F.O=C(O)C(F)(F)F. The van der Waals surface area contributed by atoms with Crippen LogP contribution in [-0.2, 0) is 24.1 Å². The van der Waals surface area contributed by atoms with Crippen molar-refractivity contribution in [1.29, 1.82) is 0 Å². The number of aromatic nitrogens is 1. The van der Waals surface area contributed by atoms with Gasteiger partial charge in [0, 0.05) is 30.7 Å². The van der Waals surface area contributed by atoms with Gasteiger partial charge in [-0.1, -0.05) is 18.2 Å². The van der Waals surface area contributed by atoms with Crippen LogP contribution in [0.15, 0.2) is 78.2 Å². The van der Waals surface area contributed by atoms with E-state index in [0.29, 0.717) is 5.56 Å². The number of benzene rings is 2. The molecule has 1 amide bonds. The summed E-state index contributed by atoms with van der Waals surface area (Å²) in [6.45, 7) is -0.184. The number of amidine groups is 1. The lowest BCUT2D eigenvalue weighted by Gasteiger charge is -2.15. The Kier molecular flexibility index (Phi) is 11.5. The Morgan fingerprint density at radius 1 is 1.02 bits per heavy atom. The molecule has 0 saturated carbocycles. The van der Waals surface area contributed by atoms with E-state index in [1.54, 1.807) is 24.5 Å². The van der Waals surface area contributed by atoms with E-state index in [2.05, 4.69) is 15.3 Å². The molecule has 0 atom stereocenters. The first-order valence-corrected chi connectivity index (χ1v) is 11.3. The van der Waals surface area contributed by atoms with E-state index in [1.165, 1.54) is 12.1 Å². The first-order chi connectivity index (χ1) is 19.6. The third-order valence-corrected chi connectivity index (χ3v) is 4.83. The molecule has 224 valence electrons. The maximum atomic E-state index is 13.6. The van der Waals surface area contributed by atoms with Crippen molar-refractivity contribution in [3.8, 4) is 5.75 Å². The van der Waals surface area contributed by atoms with Crippen LogP contribution >= 0.6 is 0 Å². The highest BCUT2D eigenvalue weighted by Gasteiger charge is 2.38. The number of hydrogen-bond donors (Lipinski definition) is 3. The molecule has 0 aliphatic heterocycles. The number of carbonyl (C=O) groups is 2. The summed E-state index contributed by atoms with van der Waals surface area (Å²) in [5.41, 5.74) is 4.42. The maximum absolute atomic E-state index is 13.6. The van der Waals surface area contributed by atoms with Gasteiger partial charge in [-0.3, -0.25) is 9.78 Å². The van der Waals surface area contributed by atoms with Crippen LogP contribution in [0.25, 0.3) is 0 Å². The third kappa shape index (κ3) is 10.5. The lowest BCUT2D eigenvalue weighted by Crippen LogP contribution is -2.21. The second-order valence-corrected chi connectivity index (χ2v) is 7.92. The van der Waals surface area contributed by atoms with E-state index in [1.807, 2.05) is 0 Å². The lowest BCUT2D eigenvalue weighted by atomic mass is 10.1. The molecule has 3 rings (SSSR count). The highest BCUT2D eigenvalue weighted by Crippen LogP contribution is 2.34. The number of ether oxygens (including phenoxy) is 1. The Balaban J connectivity index is 0.000000782. The summed E-state index contributed by atoms with van der Waals surface area (Å²) in [7, 11) is 0. The number of aliphatic carboxylic acids is 1. The molecule has 0 saturated heterocycles. The van der Waals surface area contributed by atoms with Gasteiger partial charge in [-0.2, -0.15) is 31.3 Å². The van der Waals surface area contributed by atoms with Crippen LogP contribution in [0.3, 0.4) is 0 Å². The highest BCUT2D eigenvalue weighted by molar-refractivity contribution is 6.06. The minimum atomic E-state index is -5.08. The second kappa shape index (κ2) is 14.6. The molecule has 0 spiro atoms. The van der Waals surface area contributed by atoms with Gasteiger partial charge in [-0.25, -0.2) is 13.6 Å². The lowest BCUT2D eigenvalue weighted by molar-refractivity contribution is -0.192. The number of nitrogens with two attached hydrogens (primary N) is 1. The fourth-order valence-corrected chi connectivity index (χ4v) is 2.94. The monoisotopic (exact) mass is 604 g/mol.